The molecule has 1 aliphatic heterocycles. The highest BCUT2D eigenvalue weighted by Gasteiger charge is 2.33. The first-order valence-corrected chi connectivity index (χ1v) is 9.21. The molecule has 7 nitrogen and oxygen atoms in total. The van der Waals surface area contributed by atoms with Crippen LogP contribution in [0.5, 0.6) is 5.75 Å². The Morgan fingerprint density at radius 1 is 1.14 bits per heavy atom. The standard InChI is InChI=1S/C21H19N5O2/c27-21(16-7-6-15-8-9-22-20(15)10-16)25-12-18(13-25)26-11-17(23-24-26)14-28-19-4-2-1-3-5-19/h1-11,18,22H,12-14H2. The average molecular weight is 373 g/mol. The number of rotatable bonds is 5. The number of H-pyrrole nitrogens is 1. The molecule has 1 fully saturated rings. The number of aromatic amines is 1. The van der Waals surface area contributed by atoms with Crippen molar-refractivity contribution in [2.24, 2.45) is 0 Å². The van der Waals surface area contributed by atoms with E-state index >= 15 is 0 Å². The van der Waals surface area contributed by atoms with Gasteiger partial charge < -0.3 is 14.6 Å². The zero-order chi connectivity index (χ0) is 18.9. The molecule has 2 aromatic heterocycles. The topological polar surface area (TPSA) is 76.0 Å². The maximum Gasteiger partial charge on any atom is 0.254 e. The highest BCUT2D eigenvalue weighted by molar-refractivity contribution is 5.98. The van der Waals surface area contributed by atoms with E-state index in [0.29, 0.717) is 25.3 Å². The van der Waals surface area contributed by atoms with E-state index in [0.717, 1.165) is 22.3 Å². The number of carbonyl (C=O) groups excluding carboxylic acids is 1. The summed E-state index contributed by atoms with van der Waals surface area (Å²) in [5, 5.41) is 9.47. The molecule has 1 N–H and O–H groups in total. The maximum absolute atomic E-state index is 12.7. The van der Waals surface area contributed by atoms with Gasteiger partial charge in [0, 0.05) is 30.4 Å². The summed E-state index contributed by atoms with van der Waals surface area (Å²) < 4.78 is 7.52. The smallest absolute Gasteiger partial charge is 0.254 e. The Morgan fingerprint density at radius 2 is 2.00 bits per heavy atom. The molecule has 4 aromatic rings. The van der Waals surface area contributed by atoms with Crippen LogP contribution in [0, 0.1) is 0 Å². The zero-order valence-corrected chi connectivity index (χ0v) is 15.2. The van der Waals surface area contributed by atoms with E-state index in [1.807, 2.05) is 76.6 Å². The van der Waals surface area contributed by atoms with E-state index in [2.05, 4.69) is 15.3 Å². The molecule has 0 saturated carbocycles. The Labute approximate surface area is 161 Å². The highest BCUT2D eigenvalue weighted by atomic mass is 16.5. The predicted molar refractivity (Wildman–Crippen MR) is 104 cm³/mol. The minimum absolute atomic E-state index is 0.0421. The van der Waals surface area contributed by atoms with Gasteiger partial charge in [0.15, 0.2) is 0 Å². The largest absolute Gasteiger partial charge is 0.487 e. The lowest BCUT2D eigenvalue weighted by Gasteiger charge is -2.38. The van der Waals surface area contributed by atoms with Crippen molar-refractivity contribution in [3.63, 3.8) is 0 Å². The maximum atomic E-state index is 12.7. The van der Waals surface area contributed by atoms with Crippen LogP contribution in [0.25, 0.3) is 10.9 Å². The fourth-order valence-corrected chi connectivity index (χ4v) is 3.38. The number of nitrogens with one attached hydrogen (secondary N) is 1. The molecule has 5 rings (SSSR count). The van der Waals surface area contributed by atoms with Crippen LogP contribution >= 0.6 is 0 Å². The van der Waals surface area contributed by atoms with Gasteiger partial charge in [-0.1, -0.05) is 29.5 Å². The Balaban J connectivity index is 1.18. The summed E-state index contributed by atoms with van der Waals surface area (Å²) >= 11 is 0. The third-order valence-electron chi connectivity index (χ3n) is 5.01. The first-order valence-electron chi connectivity index (χ1n) is 9.21. The summed E-state index contributed by atoms with van der Waals surface area (Å²) in [4.78, 5) is 17.7. The molecular weight excluding hydrogens is 354 g/mol. The molecule has 1 saturated heterocycles. The van der Waals surface area contributed by atoms with Crippen molar-refractivity contribution in [1.82, 2.24) is 24.9 Å². The van der Waals surface area contributed by atoms with Gasteiger partial charge in [0.1, 0.15) is 18.1 Å². The van der Waals surface area contributed by atoms with Crippen molar-refractivity contribution in [3.05, 3.63) is 78.2 Å². The van der Waals surface area contributed by atoms with E-state index in [9.17, 15) is 4.79 Å². The van der Waals surface area contributed by atoms with Gasteiger partial charge >= 0.3 is 0 Å². The summed E-state index contributed by atoms with van der Waals surface area (Å²) in [5.41, 5.74) is 2.44. The van der Waals surface area contributed by atoms with Crippen molar-refractivity contribution in [3.8, 4) is 5.75 Å². The van der Waals surface area contributed by atoms with Crippen LogP contribution in [0.4, 0.5) is 0 Å². The summed E-state index contributed by atoms with van der Waals surface area (Å²) in [7, 11) is 0. The van der Waals surface area contributed by atoms with Gasteiger partial charge in [-0.05, 0) is 35.7 Å². The molecule has 0 unspecified atom stereocenters. The molecule has 0 radical (unpaired) electrons. The zero-order valence-electron chi connectivity index (χ0n) is 15.2. The van der Waals surface area contributed by atoms with Crippen LogP contribution in [0.1, 0.15) is 22.1 Å². The van der Waals surface area contributed by atoms with E-state index in [1.54, 1.807) is 0 Å². The van der Waals surface area contributed by atoms with Crippen LogP contribution in [-0.2, 0) is 6.61 Å². The van der Waals surface area contributed by atoms with Crippen molar-refractivity contribution in [2.75, 3.05) is 13.1 Å². The number of hydrogen-bond donors (Lipinski definition) is 1. The predicted octanol–water partition coefficient (Wildman–Crippen LogP) is 3.04. The third kappa shape index (κ3) is 3.11. The lowest BCUT2D eigenvalue weighted by molar-refractivity contribution is 0.0498. The Morgan fingerprint density at radius 3 is 2.86 bits per heavy atom. The number of ether oxygens (including phenoxy) is 1. The molecule has 1 amide bonds. The van der Waals surface area contributed by atoms with E-state index < -0.39 is 0 Å². The second-order valence-corrected chi connectivity index (χ2v) is 6.94. The van der Waals surface area contributed by atoms with Gasteiger partial charge in [0.2, 0.25) is 0 Å². The van der Waals surface area contributed by atoms with Crippen molar-refractivity contribution in [2.45, 2.75) is 12.6 Å². The number of nitrogens with zero attached hydrogens (tertiary/aromatic N) is 4. The summed E-state index contributed by atoms with van der Waals surface area (Å²) in [5.74, 6) is 0.844. The van der Waals surface area contributed by atoms with Crippen LogP contribution in [-0.4, -0.2) is 43.9 Å². The second kappa shape index (κ2) is 6.84. The minimum Gasteiger partial charge on any atom is -0.487 e. The molecule has 3 heterocycles. The van der Waals surface area contributed by atoms with Gasteiger partial charge in [-0.25, -0.2) is 4.68 Å². The average Bonchev–Trinajstić information content (AvgIpc) is 3.35. The molecule has 7 heteroatoms. The summed E-state index contributed by atoms with van der Waals surface area (Å²) in [6.07, 6.45) is 3.77. The number of benzene rings is 2. The number of hydrogen-bond acceptors (Lipinski definition) is 4. The van der Waals surface area contributed by atoms with E-state index in [-0.39, 0.29) is 11.9 Å². The van der Waals surface area contributed by atoms with Crippen molar-refractivity contribution >= 4 is 16.8 Å². The Bertz CT molecular complexity index is 1110. The number of carbonyl (C=O) groups is 1. The first-order chi connectivity index (χ1) is 13.8. The van der Waals surface area contributed by atoms with E-state index in [1.165, 1.54) is 0 Å². The number of likely N-dealkylation sites (tertiary alicyclic amines) is 1. The number of amides is 1. The molecule has 0 bridgehead atoms. The van der Waals surface area contributed by atoms with Crippen LogP contribution in [0.3, 0.4) is 0 Å². The van der Waals surface area contributed by atoms with Crippen molar-refractivity contribution in [1.29, 1.82) is 0 Å². The first kappa shape index (κ1) is 16.6. The van der Waals surface area contributed by atoms with Crippen LogP contribution in [0.15, 0.2) is 67.0 Å². The van der Waals surface area contributed by atoms with Gasteiger partial charge in [-0.2, -0.15) is 0 Å². The van der Waals surface area contributed by atoms with Crippen LogP contribution < -0.4 is 4.74 Å². The molecule has 0 atom stereocenters. The fourth-order valence-electron chi connectivity index (χ4n) is 3.38. The van der Waals surface area contributed by atoms with Crippen molar-refractivity contribution < 1.29 is 9.53 Å². The normalized spacial score (nSPS) is 14.2. The monoisotopic (exact) mass is 373 g/mol. The van der Waals surface area contributed by atoms with E-state index in [4.69, 9.17) is 4.74 Å². The molecule has 0 spiro atoms. The Kier molecular flexibility index (Phi) is 4.05. The molecule has 2 aromatic carbocycles. The molecular formula is C21H19N5O2. The lowest BCUT2D eigenvalue weighted by Crippen LogP contribution is -2.50. The highest BCUT2D eigenvalue weighted by Crippen LogP contribution is 2.24. The second-order valence-electron chi connectivity index (χ2n) is 6.94. The quantitative estimate of drug-likeness (QED) is 0.583. The number of para-hydroxylation sites is 1. The Hall–Kier alpha value is -3.61. The molecule has 28 heavy (non-hydrogen) atoms. The van der Waals surface area contributed by atoms with Gasteiger partial charge in [0.25, 0.3) is 5.91 Å². The van der Waals surface area contributed by atoms with Gasteiger partial charge in [-0.15, -0.1) is 5.10 Å². The minimum atomic E-state index is 0.0421. The van der Waals surface area contributed by atoms with Gasteiger partial charge in [0.05, 0.1) is 12.2 Å². The molecule has 1 aliphatic rings. The number of fused-ring (bicyclic) bond motifs is 1. The third-order valence-corrected chi connectivity index (χ3v) is 5.01. The SMILES string of the molecule is O=C(c1ccc2cc[nH]c2c1)N1CC(n2cc(COc3ccccc3)nn2)C1. The summed E-state index contributed by atoms with van der Waals surface area (Å²) in [6.45, 7) is 1.63. The van der Waals surface area contributed by atoms with Gasteiger partial charge in [-0.3, -0.25) is 4.79 Å². The molecule has 140 valence electrons. The lowest BCUT2D eigenvalue weighted by atomic mass is 10.1. The molecule has 0 aliphatic carbocycles. The van der Waals surface area contributed by atoms with Crippen LogP contribution in [0.2, 0.25) is 0 Å². The summed E-state index contributed by atoms with van der Waals surface area (Å²) in [6, 6.07) is 17.5. The fraction of sp³-hybridized carbons (Fsp3) is 0.190. The number of aromatic nitrogens is 4.